The van der Waals surface area contributed by atoms with Crippen molar-refractivity contribution in [2.75, 3.05) is 26.3 Å². The molecule has 0 radical (unpaired) electrons. The second-order valence-electron chi connectivity index (χ2n) is 5.40. The molecule has 17 heavy (non-hydrogen) atoms. The van der Waals surface area contributed by atoms with Gasteiger partial charge in [0.25, 0.3) is 0 Å². The number of likely N-dealkylation sites (tertiary alicyclic amines) is 1. The van der Waals surface area contributed by atoms with Crippen LogP contribution in [-0.2, 0) is 14.3 Å². The van der Waals surface area contributed by atoms with E-state index in [0.717, 1.165) is 52.0 Å². The molecule has 2 heterocycles. The molecule has 4 nitrogen and oxygen atoms in total. The molecule has 0 aromatic heterocycles. The molecule has 0 unspecified atom stereocenters. The van der Waals surface area contributed by atoms with Crippen molar-refractivity contribution >= 4 is 5.91 Å². The summed E-state index contributed by atoms with van der Waals surface area (Å²) in [4.78, 5) is 14.1. The monoisotopic (exact) mass is 239 g/mol. The molecule has 2 aliphatic heterocycles. The zero-order valence-corrected chi connectivity index (χ0v) is 10.3. The van der Waals surface area contributed by atoms with Gasteiger partial charge in [-0.15, -0.1) is 0 Å². The maximum Gasteiger partial charge on any atom is 0.225 e. The lowest BCUT2D eigenvalue weighted by Crippen LogP contribution is -2.45. The van der Waals surface area contributed by atoms with Crippen molar-refractivity contribution in [3.63, 3.8) is 0 Å². The van der Waals surface area contributed by atoms with Gasteiger partial charge in [0.15, 0.2) is 6.29 Å². The lowest BCUT2D eigenvalue weighted by molar-refractivity contribution is -0.143. The van der Waals surface area contributed by atoms with Gasteiger partial charge in [-0.1, -0.05) is 6.42 Å². The van der Waals surface area contributed by atoms with Crippen LogP contribution in [0.1, 0.15) is 32.1 Å². The lowest BCUT2D eigenvalue weighted by Gasteiger charge is -2.37. The lowest BCUT2D eigenvalue weighted by atomic mass is 9.83. The smallest absolute Gasteiger partial charge is 0.225 e. The zero-order chi connectivity index (χ0) is 11.7. The average Bonchev–Trinajstić information content (AvgIpc) is 2.80. The molecule has 0 aromatic carbocycles. The standard InChI is InChI=1S/C13H21NO3/c15-12(10-2-1-3-10)14-6-4-11(5-7-14)13-16-8-9-17-13/h10-11,13H,1-9H2. The minimum atomic E-state index is -0.00375. The van der Waals surface area contributed by atoms with Gasteiger partial charge in [-0.2, -0.15) is 0 Å². The first-order valence-electron chi connectivity index (χ1n) is 6.86. The highest BCUT2D eigenvalue weighted by molar-refractivity contribution is 5.79. The predicted octanol–water partition coefficient (Wildman–Crippen LogP) is 1.40. The second kappa shape index (κ2) is 4.94. The molecule has 3 rings (SSSR count). The fraction of sp³-hybridized carbons (Fsp3) is 0.923. The molecule has 4 heteroatoms. The molecule has 3 aliphatic rings. The van der Waals surface area contributed by atoms with Crippen molar-refractivity contribution in [3.8, 4) is 0 Å². The van der Waals surface area contributed by atoms with Gasteiger partial charge < -0.3 is 14.4 Å². The van der Waals surface area contributed by atoms with Crippen LogP contribution in [0.15, 0.2) is 0 Å². The number of amides is 1. The molecule has 0 N–H and O–H groups in total. The van der Waals surface area contributed by atoms with E-state index in [1.165, 1.54) is 6.42 Å². The number of hydrogen-bond acceptors (Lipinski definition) is 3. The predicted molar refractivity (Wildman–Crippen MR) is 62.3 cm³/mol. The van der Waals surface area contributed by atoms with E-state index in [2.05, 4.69) is 4.90 Å². The van der Waals surface area contributed by atoms with Gasteiger partial charge in [-0.05, 0) is 25.7 Å². The molecule has 1 aliphatic carbocycles. The fourth-order valence-corrected chi connectivity index (χ4v) is 2.95. The van der Waals surface area contributed by atoms with Crippen LogP contribution < -0.4 is 0 Å². The van der Waals surface area contributed by atoms with Crippen LogP contribution in [0.5, 0.6) is 0 Å². The van der Waals surface area contributed by atoms with E-state index in [9.17, 15) is 4.79 Å². The van der Waals surface area contributed by atoms with Crippen molar-refractivity contribution in [3.05, 3.63) is 0 Å². The zero-order valence-electron chi connectivity index (χ0n) is 10.3. The summed E-state index contributed by atoms with van der Waals surface area (Å²) in [6, 6.07) is 0. The van der Waals surface area contributed by atoms with Crippen molar-refractivity contribution < 1.29 is 14.3 Å². The summed E-state index contributed by atoms with van der Waals surface area (Å²) >= 11 is 0. The highest BCUT2D eigenvalue weighted by atomic mass is 16.7. The van der Waals surface area contributed by atoms with E-state index >= 15 is 0 Å². The molecule has 0 aromatic rings. The van der Waals surface area contributed by atoms with Gasteiger partial charge >= 0.3 is 0 Å². The summed E-state index contributed by atoms with van der Waals surface area (Å²) in [5, 5.41) is 0. The highest BCUT2D eigenvalue weighted by Crippen LogP contribution is 2.31. The minimum absolute atomic E-state index is 0.00375. The normalized spacial score (nSPS) is 28.4. The van der Waals surface area contributed by atoms with Crippen LogP contribution in [0.2, 0.25) is 0 Å². The van der Waals surface area contributed by atoms with Crippen LogP contribution in [0.4, 0.5) is 0 Å². The minimum Gasteiger partial charge on any atom is -0.350 e. The Kier molecular flexibility index (Phi) is 3.34. The Morgan fingerprint density at radius 3 is 2.18 bits per heavy atom. The van der Waals surface area contributed by atoms with Gasteiger partial charge in [0, 0.05) is 24.9 Å². The SMILES string of the molecule is O=C(C1CCC1)N1CCC(C2OCCO2)CC1. The van der Waals surface area contributed by atoms with E-state index < -0.39 is 0 Å². The van der Waals surface area contributed by atoms with Crippen molar-refractivity contribution in [1.82, 2.24) is 4.90 Å². The largest absolute Gasteiger partial charge is 0.350 e. The van der Waals surface area contributed by atoms with Crippen LogP contribution in [-0.4, -0.2) is 43.4 Å². The Balaban J connectivity index is 1.47. The molecule has 3 fully saturated rings. The molecule has 1 saturated carbocycles. The Morgan fingerprint density at radius 2 is 1.65 bits per heavy atom. The number of carbonyl (C=O) groups is 1. The van der Waals surface area contributed by atoms with Crippen LogP contribution in [0.3, 0.4) is 0 Å². The first-order chi connectivity index (χ1) is 8.34. The van der Waals surface area contributed by atoms with Crippen LogP contribution in [0.25, 0.3) is 0 Å². The Labute approximate surface area is 102 Å². The maximum absolute atomic E-state index is 12.1. The molecule has 0 atom stereocenters. The van der Waals surface area contributed by atoms with Crippen LogP contribution in [0, 0.1) is 11.8 Å². The first-order valence-corrected chi connectivity index (χ1v) is 6.86. The van der Waals surface area contributed by atoms with Gasteiger partial charge in [0.05, 0.1) is 13.2 Å². The quantitative estimate of drug-likeness (QED) is 0.731. The molecule has 2 saturated heterocycles. The summed E-state index contributed by atoms with van der Waals surface area (Å²) in [6.07, 6.45) is 5.50. The summed E-state index contributed by atoms with van der Waals surface area (Å²) < 4.78 is 11.1. The van der Waals surface area contributed by atoms with Crippen LogP contribution >= 0.6 is 0 Å². The molecular formula is C13H21NO3. The van der Waals surface area contributed by atoms with E-state index in [0.29, 0.717) is 17.7 Å². The molecular weight excluding hydrogens is 218 g/mol. The van der Waals surface area contributed by atoms with Crippen molar-refractivity contribution in [2.45, 2.75) is 38.4 Å². The van der Waals surface area contributed by atoms with Gasteiger partial charge in [-0.25, -0.2) is 0 Å². The topological polar surface area (TPSA) is 38.8 Å². The second-order valence-corrected chi connectivity index (χ2v) is 5.40. The first kappa shape index (κ1) is 11.5. The average molecular weight is 239 g/mol. The van der Waals surface area contributed by atoms with Gasteiger partial charge in [-0.3, -0.25) is 4.79 Å². The van der Waals surface area contributed by atoms with Gasteiger partial charge in [0.1, 0.15) is 0 Å². The Hall–Kier alpha value is -0.610. The van der Waals surface area contributed by atoms with Crippen molar-refractivity contribution in [2.24, 2.45) is 11.8 Å². The summed E-state index contributed by atoms with van der Waals surface area (Å²) in [7, 11) is 0. The summed E-state index contributed by atoms with van der Waals surface area (Å²) in [6.45, 7) is 3.24. The van der Waals surface area contributed by atoms with E-state index in [-0.39, 0.29) is 6.29 Å². The number of hydrogen-bond donors (Lipinski definition) is 0. The number of carbonyl (C=O) groups excluding carboxylic acids is 1. The highest BCUT2D eigenvalue weighted by Gasteiger charge is 2.35. The van der Waals surface area contributed by atoms with Crippen molar-refractivity contribution in [1.29, 1.82) is 0 Å². The number of rotatable bonds is 2. The number of ether oxygens (including phenoxy) is 2. The Morgan fingerprint density at radius 1 is 1.00 bits per heavy atom. The number of nitrogens with zero attached hydrogens (tertiary/aromatic N) is 1. The maximum atomic E-state index is 12.1. The van der Waals surface area contributed by atoms with E-state index in [1.807, 2.05) is 0 Å². The fourth-order valence-electron chi connectivity index (χ4n) is 2.95. The molecule has 0 bridgehead atoms. The third kappa shape index (κ3) is 2.33. The summed E-state index contributed by atoms with van der Waals surface area (Å²) in [5.41, 5.74) is 0. The van der Waals surface area contributed by atoms with E-state index in [4.69, 9.17) is 9.47 Å². The molecule has 0 spiro atoms. The number of piperidine rings is 1. The van der Waals surface area contributed by atoms with E-state index in [1.54, 1.807) is 0 Å². The third-order valence-electron chi connectivity index (χ3n) is 4.34. The Bertz CT molecular complexity index is 276. The van der Waals surface area contributed by atoms with Gasteiger partial charge in [0.2, 0.25) is 5.91 Å². The molecule has 96 valence electrons. The third-order valence-corrected chi connectivity index (χ3v) is 4.34. The summed E-state index contributed by atoms with van der Waals surface area (Å²) in [5.74, 6) is 1.22. The molecule has 1 amide bonds.